The quantitative estimate of drug-likeness (QED) is 0.376. The maximum Gasteiger partial charge on any atom is 0.407 e. The van der Waals surface area contributed by atoms with Crippen LogP contribution in [0.3, 0.4) is 0 Å². The molecule has 2 aliphatic rings. The second-order valence-electron chi connectivity index (χ2n) is 7.60. The number of nitrogens with one attached hydrogen (secondary N) is 1. The van der Waals surface area contributed by atoms with Crippen molar-refractivity contribution in [2.24, 2.45) is 17.8 Å². The molecule has 0 aromatic rings. The zero-order chi connectivity index (χ0) is 20.0. The summed E-state index contributed by atoms with van der Waals surface area (Å²) in [5, 5.41) is 2.78. The van der Waals surface area contributed by atoms with Crippen molar-refractivity contribution in [1.82, 2.24) is 5.32 Å². The standard InChI is InChI=1S/C20H29NO6/c1-12(2)18(22)25-10-17(11-26-19(23)13(3)4)27-20(24)21-9-16-8-14-5-6-15(16)7-14/h14-17H,1,3,5-11H2,2,4H3,(H,21,24). The van der Waals surface area contributed by atoms with Gasteiger partial charge < -0.3 is 19.5 Å². The Hall–Kier alpha value is -2.31. The number of hydrogen-bond donors (Lipinski definition) is 1. The number of carbonyl (C=O) groups excluding carboxylic acids is 3. The predicted molar refractivity (Wildman–Crippen MR) is 98.8 cm³/mol. The van der Waals surface area contributed by atoms with Crippen molar-refractivity contribution in [2.45, 2.75) is 45.6 Å². The van der Waals surface area contributed by atoms with E-state index in [4.69, 9.17) is 14.2 Å². The minimum Gasteiger partial charge on any atom is -0.458 e. The summed E-state index contributed by atoms with van der Waals surface area (Å²) in [6, 6.07) is 0. The molecule has 1 N–H and O–H groups in total. The normalized spacial score (nSPS) is 23.0. The molecule has 0 radical (unpaired) electrons. The highest BCUT2D eigenvalue weighted by Gasteiger charge is 2.39. The first kappa shape index (κ1) is 21.0. The van der Waals surface area contributed by atoms with E-state index in [0.29, 0.717) is 18.4 Å². The van der Waals surface area contributed by atoms with Gasteiger partial charge in [0.2, 0.25) is 0 Å². The van der Waals surface area contributed by atoms with Crippen molar-refractivity contribution in [2.75, 3.05) is 19.8 Å². The number of amides is 1. The Balaban J connectivity index is 1.80. The molecule has 3 unspecified atom stereocenters. The molecule has 0 heterocycles. The monoisotopic (exact) mass is 379 g/mol. The molecule has 2 saturated carbocycles. The summed E-state index contributed by atoms with van der Waals surface area (Å²) in [5.74, 6) is 0.791. The molecule has 1 amide bonds. The first-order chi connectivity index (χ1) is 12.8. The molecular weight excluding hydrogens is 350 g/mol. The summed E-state index contributed by atoms with van der Waals surface area (Å²) in [7, 11) is 0. The third kappa shape index (κ3) is 6.41. The molecular formula is C20H29NO6. The van der Waals surface area contributed by atoms with E-state index in [1.807, 2.05) is 0 Å². The Morgan fingerprint density at radius 1 is 1.00 bits per heavy atom. The molecule has 0 aromatic heterocycles. The molecule has 2 aliphatic carbocycles. The highest BCUT2D eigenvalue weighted by atomic mass is 16.6. The van der Waals surface area contributed by atoms with Crippen LogP contribution in [0.25, 0.3) is 0 Å². The van der Waals surface area contributed by atoms with E-state index >= 15 is 0 Å². The molecule has 27 heavy (non-hydrogen) atoms. The highest BCUT2D eigenvalue weighted by Crippen LogP contribution is 2.47. The van der Waals surface area contributed by atoms with Gasteiger partial charge in [0.1, 0.15) is 13.2 Å². The van der Waals surface area contributed by atoms with Crippen molar-refractivity contribution in [3.63, 3.8) is 0 Å². The van der Waals surface area contributed by atoms with Gasteiger partial charge >= 0.3 is 18.0 Å². The lowest BCUT2D eigenvalue weighted by atomic mass is 9.89. The summed E-state index contributed by atoms with van der Waals surface area (Å²) < 4.78 is 15.3. The van der Waals surface area contributed by atoms with E-state index < -0.39 is 24.1 Å². The van der Waals surface area contributed by atoms with Crippen molar-refractivity contribution in [1.29, 1.82) is 0 Å². The Labute approximate surface area is 160 Å². The Kier molecular flexibility index (Phi) is 7.45. The number of ether oxygens (including phenoxy) is 3. The van der Waals surface area contributed by atoms with Crippen LogP contribution in [0, 0.1) is 17.8 Å². The van der Waals surface area contributed by atoms with Gasteiger partial charge in [-0.1, -0.05) is 19.6 Å². The number of esters is 2. The second-order valence-corrected chi connectivity index (χ2v) is 7.60. The number of alkyl carbamates (subject to hydrolysis) is 1. The van der Waals surface area contributed by atoms with Crippen LogP contribution < -0.4 is 5.32 Å². The fraction of sp³-hybridized carbons (Fsp3) is 0.650. The summed E-state index contributed by atoms with van der Waals surface area (Å²) >= 11 is 0. The van der Waals surface area contributed by atoms with Crippen LogP contribution in [-0.4, -0.2) is 43.9 Å². The lowest BCUT2D eigenvalue weighted by molar-refractivity contribution is -0.147. The van der Waals surface area contributed by atoms with Gasteiger partial charge in [0.05, 0.1) is 0 Å². The molecule has 2 rings (SSSR count). The average Bonchev–Trinajstić information content (AvgIpc) is 3.24. The molecule has 0 aliphatic heterocycles. The molecule has 0 spiro atoms. The number of hydrogen-bond acceptors (Lipinski definition) is 6. The van der Waals surface area contributed by atoms with Crippen LogP contribution in [0.4, 0.5) is 4.79 Å². The first-order valence-electron chi connectivity index (χ1n) is 9.36. The smallest absolute Gasteiger partial charge is 0.407 e. The van der Waals surface area contributed by atoms with Crippen molar-refractivity contribution in [3.8, 4) is 0 Å². The third-order valence-electron chi connectivity index (χ3n) is 5.16. The van der Waals surface area contributed by atoms with E-state index in [1.165, 1.54) is 33.1 Å². The van der Waals surface area contributed by atoms with Crippen molar-refractivity contribution >= 4 is 18.0 Å². The summed E-state index contributed by atoms with van der Waals surface area (Å²) in [5.41, 5.74) is 0.460. The minimum atomic E-state index is -0.906. The summed E-state index contributed by atoms with van der Waals surface area (Å²) in [6.45, 7) is 10.1. The van der Waals surface area contributed by atoms with Gasteiger partial charge in [-0.3, -0.25) is 0 Å². The zero-order valence-corrected chi connectivity index (χ0v) is 16.1. The van der Waals surface area contributed by atoms with E-state index in [-0.39, 0.29) is 24.4 Å². The van der Waals surface area contributed by atoms with Gasteiger partial charge in [0, 0.05) is 17.7 Å². The predicted octanol–water partition coefficient (Wildman–Crippen LogP) is 2.76. The van der Waals surface area contributed by atoms with E-state index in [0.717, 1.165) is 12.3 Å². The van der Waals surface area contributed by atoms with Gasteiger partial charge in [-0.05, 0) is 50.9 Å². The number of carbonyl (C=O) groups is 3. The zero-order valence-electron chi connectivity index (χ0n) is 16.1. The van der Waals surface area contributed by atoms with E-state index in [2.05, 4.69) is 18.5 Å². The Morgan fingerprint density at radius 3 is 2.04 bits per heavy atom. The molecule has 0 aromatic carbocycles. The largest absolute Gasteiger partial charge is 0.458 e. The topological polar surface area (TPSA) is 90.9 Å². The van der Waals surface area contributed by atoms with E-state index in [1.54, 1.807) is 0 Å². The number of fused-ring (bicyclic) bond motifs is 2. The van der Waals surface area contributed by atoms with Crippen molar-refractivity contribution < 1.29 is 28.6 Å². The molecule has 7 heteroatoms. The molecule has 2 bridgehead atoms. The average molecular weight is 379 g/mol. The van der Waals surface area contributed by atoms with Crippen LogP contribution in [-0.2, 0) is 23.8 Å². The lowest BCUT2D eigenvalue weighted by Crippen LogP contribution is -2.38. The van der Waals surface area contributed by atoms with Crippen LogP contribution >= 0.6 is 0 Å². The van der Waals surface area contributed by atoms with Crippen LogP contribution in [0.1, 0.15) is 39.5 Å². The first-order valence-corrected chi connectivity index (χ1v) is 9.36. The summed E-state index contributed by atoms with van der Waals surface area (Å²) in [4.78, 5) is 35.2. The van der Waals surface area contributed by atoms with Gasteiger partial charge in [-0.25, -0.2) is 14.4 Å². The van der Waals surface area contributed by atoms with Crippen molar-refractivity contribution in [3.05, 3.63) is 24.3 Å². The fourth-order valence-corrected chi connectivity index (χ4v) is 3.73. The highest BCUT2D eigenvalue weighted by molar-refractivity contribution is 5.87. The van der Waals surface area contributed by atoms with Crippen LogP contribution in [0.5, 0.6) is 0 Å². The van der Waals surface area contributed by atoms with Crippen LogP contribution in [0.2, 0.25) is 0 Å². The second kappa shape index (κ2) is 9.58. The maximum absolute atomic E-state index is 12.1. The molecule has 7 nitrogen and oxygen atoms in total. The number of rotatable bonds is 9. The minimum absolute atomic E-state index is 0.225. The molecule has 150 valence electrons. The van der Waals surface area contributed by atoms with Gasteiger partial charge in [-0.2, -0.15) is 0 Å². The van der Waals surface area contributed by atoms with Gasteiger partial charge in [0.25, 0.3) is 0 Å². The Bertz CT molecular complexity index is 584. The van der Waals surface area contributed by atoms with Gasteiger partial charge in [-0.15, -0.1) is 0 Å². The van der Waals surface area contributed by atoms with Gasteiger partial charge in [0.15, 0.2) is 6.10 Å². The molecule has 0 saturated heterocycles. The van der Waals surface area contributed by atoms with Crippen LogP contribution in [0.15, 0.2) is 24.3 Å². The fourth-order valence-electron chi connectivity index (χ4n) is 3.73. The maximum atomic E-state index is 12.1. The molecule has 3 atom stereocenters. The Morgan fingerprint density at radius 2 is 1.59 bits per heavy atom. The summed E-state index contributed by atoms with van der Waals surface area (Å²) in [6.07, 6.45) is 3.44. The lowest BCUT2D eigenvalue weighted by Gasteiger charge is -2.23. The SMILES string of the molecule is C=C(C)C(=O)OCC(COC(=O)C(=C)C)OC(=O)NCC1CC2CCC1C2. The van der Waals surface area contributed by atoms with E-state index in [9.17, 15) is 14.4 Å². The third-order valence-corrected chi connectivity index (χ3v) is 5.16. The molecule has 2 fully saturated rings.